The maximum atomic E-state index is 12.2. The highest BCUT2D eigenvalue weighted by atomic mass is 16.5. The molecule has 20 heavy (non-hydrogen) atoms. The van der Waals surface area contributed by atoms with Crippen molar-refractivity contribution in [3.05, 3.63) is 29.8 Å². The van der Waals surface area contributed by atoms with Gasteiger partial charge < -0.3 is 9.64 Å². The third-order valence-electron chi connectivity index (χ3n) is 3.32. The van der Waals surface area contributed by atoms with E-state index in [0.717, 1.165) is 30.7 Å². The molecule has 0 saturated carbocycles. The fraction of sp³-hybridized carbons (Fsp3) is 0.562. The van der Waals surface area contributed by atoms with Crippen molar-refractivity contribution in [3.8, 4) is 5.75 Å². The van der Waals surface area contributed by atoms with Gasteiger partial charge in [0.15, 0.2) is 0 Å². The van der Waals surface area contributed by atoms with Crippen LogP contribution in [0.5, 0.6) is 5.75 Å². The van der Waals surface area contributed by atoms with Gasteiger partial charge in [-0.15, -0.1) is 0 Å². The van der Waals surface area contributed by atoms with E-state index in [2.05, 4.69) is 11.8 Å². The predicted octanol–water partition coefficient (Wildman–Crippen LogP) is 2.39. The lowest BCUT2D eigenvalue weighted by molar-refractivity contribution is -0.131. The number of hydrogen-bond donors (Lipinski definition) is 0. The quantitative estimate of drug-likeness (QED) is 0.732. The summed E-state index contributed by atoms with van der Waals surface area (Å²) in [4.78, 5) is 16.0. The zero-order valence-corrected chi connectivity index (χ0v) is 13.1. The van der Waals surface area contributed by atoms with Crippen molar-refractivity contribution in [1.29, 1.82) is 0 Å². The summed E-state index contributed by atoms with van der Waals surface area (Å²) in [6, 6.07) is 7.80. The lowest BCUT2D eigenvalue weighted by Crippen LogP contribution is -2.36. The Morgan fingerprint density at radius 1 is 1.25 bits per heavy atom. The second kappa shape index (κ2) is 8.59. The van der Waals surface area contributed by atoms with Gasteiger partial charge in [0.05, 0.1) is 13.7 Å². The molecule has 4 heteroatoms. The summed E-state index contributed by atoms with van der Waals surface area (Å²) in [5, 5.41) is 0. The summed E-state index contributed by atoms with van der Waals surface area (Å²) < 4.78 is 5.31. The van der Waals surface area contributed by atoms with Gasteiger partial charge in [0, 0.05) is 19.2 Å². The number of carbonyl (C=O) groups excluding carboxylic acids is 1. The van der Waals surface area contributed by atoms with E-state index in [1.54, 1.807) is 12.0 Å². The molecule has 1 rings (SSSR count). The SMILES string of the molecule is CCCCN(C)CC(=O)N(C)Cc1ccccc1OC. The fourth-order valence-corrected chi connectivity index (χ4v) is 2.04. The molecule has 1 aromatic carbocycles. The molecule has 0 heterocycles. The van der Waals surface area contributed by atoms with Gasteiger partial charge in [0.2, 0.25) is 5.91 Å². The second-order valence-corrected chi connectivity index (χ2v) is 5.15. The lowest BCUT2D eigenvalue weighted by atomic mass is 10.2. The van der Waals surface area contributed by atoms with E-state index in [1.807, 2.05) is 38.4 Å². The number of methoxy groups -OCH3 is 1. The lowest BCUT2D eigenvalue weighted by Gasteiger charge is -2.22. The second-order valence-electron chi connectivity index (χ2n) is 5.15. The summed E-state index contributed by atoms with van der Waals surface area (Å²) in [7, 11) is 5.48. The highest BCUT2D eigenvalue weighted by Gasteiger charge is 2.13. The van der Waals surface area contributed by atoms with Crippen LogP contribution in [-0.4, -0.2) is 50.0 Å². The molecule has 0 aliphatic heterocycles. The van der Waals surface area contributed by atoms with Crippen LogP contribution in [0.1, 0.15) is 25.3 Å². The van der Waals surface area contributed by atoms with Crippen LogP contribution < -0.4 is 4.74 Å². The van der Waals surface area contributed by atoms with Crippen LogP contribution in [0.3, 0.4) is 0 Å². The average molecular weight is 278 g/mol. The van der Waals surface area contributed by atoms with Crippen LogP contribution >= 0.6 is 0 Å². The molecule has 0 spiro atoms. The average Bonchev–Trinajstić information content (AvgIpc) is 2.45. The zero-order valence-electron chi connectivity index (χ0n) is 13.1. The summed E-state index contributed by atoms with van der Waals surface area (Å²) >= 11 is 0. The number of unbranched alkanes of at least 4 members (excludes halogenated alkanes) is 1. The number of para-hydroxylation sites is 1. The van der Waals surface area contributed by atoms with Gasteiger partial charge in [-0.05, 0) is 26.1 Å². The molecular weight excluding hydrogens is 252 g/mol. The van der Waals surface area contributed by atoms with Crippen molar-refractivity contribution < 1.29 is 9.53 Å². The van der Waals surface area contributed by atoms with E-state index in [-0.39, 0.29) is 5.91 Å². The first-order chi connectivity index (χ1) is 9.58. The van der Waals surface area contributed by atoms with Gasteiger partial charge in [-0.25, -0.2) is 0 Å². The number of hydrogen-bond acceptors (Lipinski definition) is 3. The van der Waals surface area contributed by atoms with E-state index in [1.165, 1.54) is 0 Å². The summed E-state index contributed by atoms with van der Waals surface area (Å²) in [6.07, 6.45) is 2.27. The van der Waals surface area contributed by atoms with Gasteiger partial charge in [-0.2, -0.15) is 0 Å². The summed E-state index contributed by atoms with van der Waals surface area (Å²) in [5.41, 5.74) is 1.03. The van der Waals surface area contributed by atoms with Crippen LogP contribution in [0.15, 0.2) is 24.3 Å². The maximum absolute atomic E-state index is 12.2. The molecule has 1 aromatic rings. The number of nitrogens with zero attached hydrogens (tertiary/aromatic N) is 2. The third kappa shape index (κ3) is 5.21. The molecule has 0 unspecified atom stereocenters. The Morgan fingerprint density at radius 2 is 1.95 bits per heavy atom. The van der Waals surface area contributed by atoms with Gasteiger partial charge in [0.25, 0.3) is 0 Å². The third-order valence-corrected chi connectivity index (χ3v) is 3.32. The maximum Gasteiger partial charge on any atom is 0.236 e. The van der Waals surface area contributed by atoms with Crippen molar-refractivity contribution in [2.24, 2.45) is 0 Å². The molecule has 0 fully saturated rings. The minimum atomic E-state index is 0.134. The molecule has 1 amide bonds. The van der Waals surface area contributed by atoms with E-state index < -0.39 is 0 Å². The molecule has 0 radical (unpaired) electrons. The molecule has 112 valence electrons. The van der Waals surface area contributed by atoms with Crippen LogP contribution in [0.4, 0.5) is 0 Å². The monoisotopic (exact) mass is 278 g/mol. The Kier molecular flexibility index (Phi) is 7.09. The molecule has 0 saturated heterocycles. The normalized spacial score (nSPS) is 10.7. The van der Waals surface area contributed by atoms with Crippen LogP contribution in [0, 0.1) is 0 Å². The van der Waals surface area contributed by atoms with Crippen molar-refractivity contribution in [3.63, 3.8) is 0 Å². The van der Waals surface area contributed by atoms with E-state index >= 15 is 0 Å². The predicted molar refractivity (Wildman–Crippen MR) is 81.9 cm³/mol. The molecule has 0 aromatic heterocycles. The first kappa shape index (κ1) is 16.5. The smallest absolute Gasteiger partial charge is 0.236 e. The molecule has 0 bridgehead atoms. The summed E-state index contributed by atoms with van der Waals surface area (Å²) in [5.74, 6) is 0.959. The Hall–Kier alpha value is -1.55. The largest absolute Gasteiger partial charge is 0.496 e. The van der Waals surface area contributed by atoms with Gasteiger partial charge in [-0.3, -0.25) is 9.69 Å². The highest BCUT2D eigenvalue weighted by Crippen LogP contribution is 2.18. The number of benzene rings is 1. The first-order valence-electron chi connectivity index (χ1n) is 7.12. The Bertz CT molecular complexity index is 421. The molecule has 4 nitrogen and oxygen atoms in total. The van der Waals surface area contributed by atoms with Crippen LogP contribution in [0.2, 0.25) is 0 Å². The zero-order chi connectivity index (χ0) is 15.0. The molecule has 0 aliphatic rings. The Morgan fingerprint density at radius 3 is 2.60 bits per heavy atom. The van der Waals surface area contributed by atoms with E-state index in [0.29, 0.717) is 13.1 Å². The minimum absolute atomic E-state index is 0.134. The molecular formula is C16H26N2O2. The van der Waals surface area contributed by atoms with E-state index in [4.69, 9.17) is 4.74 Å². The minimum Gasteiger partial charge on any atom is -0.496 e. The standard InChI is InChI=1S/C16H26N2O2/c1-5-6-11-17(2)13-16(19)18(3)12-14-9-7-8-10-15(14)20-4/h7-10H,5-6,11-13H2,1-4H3. The van der Waals surface area contributed by atoms with Crippen LogP contribution in [0.25, 0.3) is 0 Å². The fourth-order valence-electron chi connectivity index (χ4n) is 2.04. The van der Waals surface area contributed by atoms with Gasteiger partial charge in [0.1, 0.15) is 5.75 Å². The number of likely N-dealkylation sites (N-methyl/N-ethyl adjacent to an activating group) is 2. The number of ether oxygens (including phenoxy) is 1. The number of rotatable bonds is 8. The first-order valence-corrected chi connectivity index (χ1v) is 7.12. The number of carbonyl (C=O) groups is 1. The van der Waals surface area contributed by atoms with Crippen molar-refractivity contribution in [1.82, 2.24) is 9.80 Å². The molecule has 0 aliphatic carbocycles. The highest BCUT2D eigenvalue weighted by molar-refractivity contribution is 5.78. The molecule has 0 N–H and O–H groups in total. The van der Waals surface area contributed by atoms with Crippen LogP contribution in [-0.2, 0) is 11.3 Å². The Labute approximate surface area is 122 Å². The summed E-state index contributed by atoms with van der Waals surface area (Å²) in [6.45, 7) is 4.16. The van der Waals surface area contributed by atoms with Crippen molar-refractivity contribution in [2.45, 2.75) is 26.3 Å². The topological polar surface area (TPSA) is 32.8 Å². The van der Waals surface area contributed by atoms with Crippen molar-refractivity contribution in [2.75, 3.05) is 34.3 Å². The van der Waals surface area contributed by atoms with Crippen molar-refractivity contribution >= 4 is 5.91 Å². The van der Waals surface area contributed by atoms with Gasteiger partial charge in [-0.1, -0.05) is 31.5 Å². The number of amides is 1. The molecule has 0 atom stereocenters. The van der Waals surface area contributed by atoms with E-state index in [9.17, 15) is 4.79 Å². The Balaban J connectivity index is 2.53. The van der Waals surface area contributed by atoms with Gasteiger partial charge >= 0.3 is 0 Å².